The van der Waals surface area contributed by atoms with Crippen molar-refractivity contribution in [3.8, 4) is 5.75 Å². The van der Waals surface area contributed by atoms with E-state index in [-0.39, 0.29) is 12.1 Å². The van der Waals surface area contributed by atoms with Crippen LogP contribution >= 0.6 is 11.3 Å². The van der Waals surface area contributed by atoms with Crippen LogP contribution in [0.1, 0.15) is 42.8 Å². The summed E-state index contributed by atoms with van der Waals surface area (Å²) in [6, 6.07) is 10.7. The van der Waals surface area contributed by atoms with Gasteiger partial charge in [0.05, 0.1) is 12.1 Å². The molecular weight excluding hydrogens is 266 g/mol. The topological polar surface area (TPSA) is 21.3 Å². The van der Waals surface area contributed by atoms with Gasteiger partial charge in [0.1, 0.15) is 5.75 Å². The maximum absolute atomic E-state index is 5.96. The molecule has 2 rings (SSSR count). The predicted molar refractivity (Wildman–Crippen MR) is 86.8 cm³/mol. The van der Waals surface area contributed by atoms with Gasteiger partial charge in [-0.3, -0.25) is 0 Å². The third-order valence-corrected chi connectivity index (χ3v) is 4.33. The van der Waals surface area contributed by atoms with Gasteiger partial charge in [-0.25, -0.2) is 0 Å². The summed E-state index contributed by atoms with van der Waals surface area (Å²) in [6.45, 7) is 6.33. The molecule has 0 spiro atoms. The molecule has 3 heteroatoms. The SMILES string of the molecule is CCc1ccsc1C(NC)c1ccccc1OC(C)C. The van der Waals surface area contributed by atoms with E-state index in [1.807, 2.05) is 24.5 Å². The van der Waals surface area contributed by atoms with Crippen molar-refractivity contribution >= 4 is 11.3 Å². The summed E-state index contributed by atoms with van der Waals surface area (Å²) in [4.78, 5) is 1.38. The molecule has 1 aromatic heterocycles. The number of rotatable bonds is 6. The van der Waals surface area contributed by atoms with Gasteiger partial charge in [-0.15, -0.1) is 11.3 Å². The van der Waals surface area contributed by atoms with Crippen molar-refractivity contribution in [2.45, 2.75) is 39.3 Å². The zero-order valence-electron chi connectivity index (χ0n) is 12.6. The van der Waals surface area contributed by atoms with Gasteiger partial charge < -0.3 is 10.1 Å². The highest BCUT2D eigenvalue weighted by Gasteiger charge is 2.20. The Morgan fingerprint density at radius 3 is 2.60 bits per heavy atom. The van der Waals surface area contributed by atoms with Crippen molar-refractivity contribution in [2.75, 3.05) is 7.05 Å². The Bertz CT molecular complexity index is 547. The molecule has 1 heterocycles. The maximum Gasteiger partial charge on any atom is 0.124 e. The second kappa shape index (κ2) is 6.91. The highest BCUT2D eigenvalue weighted by atomic mass is 32.1. The quantitative estimate of drug-likeness (QED) is 0.850. The van der Waals surface area contributed by atoms with Crippen LogP contribution in [0, 0.1) is 0 Å². The van der Waals surface area contributed by atoms with Gasteiger partial charge >= 0.3 is 0 Å². The molecule has 0 saturated carbocycles. The van der Waals surface area contributed by atoms with Crippen molar-refractivity contribution in [1.82, 2.24) is 5.32 Å². The highest BCUT2D eigenvalue weighted by molar-refractivity contribution is 7.10. The molecular formula is C17H23NOS. The molecule has 0 bridgehead atoms. The summed E-state index contributed by atoms with van der Waals surface area (Å²) >= 11 is 1.81. The molecule has 1 N–H and O–H groups in total. The predicted octanol–water partition coefficient (Wildman–Crippen LogP) is 4.41. The van der Waals surface area contributed by atoms with Crippen LogP contribution in [-0.2, 0) is 6.42 Å². The fraction of sp³-hybridized carbons (Fsp3) is 0.412. The van der Waals surface area contributed by atoms with E-state index in [1.54, 1.807) is 0 Å². The van der Waals surface area contributed by atoms with Crippen LogP contribution in [0.4, 0.5) is 0 Å². The summed E-state index contributed by atoms with van der Waals surface area (Å²) in [7, 11) is 2.01. The first-order valence-corrected chi connectivity index (χ1v) is 8.04. The second-order valence-corrected chi connectivity index (χ2v) is 6.04. The Kier molecular flexibility index (Phi) is 5.21. The van der Waals surface area contributed by atoms with Gasteiger partial charge in [0.15, 0.2) is 0 Å². The lowest BCUT2D eigenvalue weighted by Gasteiger charge is -2.21. The average Bonchev–Trinajstić information content (AvgIpc) is 2.89. The number of aryl methyl sites for hydroxylation is 1. The number of thiophene rings is 1. The molecule has 0 fully saturated rings. The molecule has 0 aliphatic carbocycles. The minimum Gasteiger partial charge on any atom is -0.491 e. The Hall–Kier alpha value is -1.32. The standard InChI is InChI=1S/C17H23NOS/c1-5-13-10-11-20-17(13)16(18-4)14-8-6-7-9-15(14)19-12(2)3/h6-12,16,18H,5H2,1-4H3. The van der Waals surface area contributed by atoms with Gasteiger partial charge in [0.2, 0.25) is 0 Å². The van der Waals surface area contributed by atoms with E-state index < -0.39 is 0 Å². The monoisotopic (exact) mass is 289 g/mol. The van der Waals surface area contributed by atoms with E-state index >= 15 is 0 Å². The van der Waals surface area contributed by atoms with Gasteiger partial charge in [0, 0.05) is 10.4 Å². The molecule has 0 radical (unpaired) electrons. The first-order chi connectivity index (χ1) is 9.67. The zero-order valence-corrected chi connectivity index (χ0v) is 13.5. The third-order valence-electron chi connectivity index (χ3n) is 3.31. The van der Waals surface area contributed by atoms with Gasteiger partial charge in [-0.05, 0) is 50.4 Å². The molecule has 0 aliphatic rings. The maximum atomic E-state index is 5.96. The van der Waals surface area contributed by atoms with Crippen LogP contribution in [0.3, 0.4) is 0 Å². The second-order valence-electron chi connectivity index (χ2n) is 5.09. The Morgan fingerprint density at radius 2 is 1.95 bits per heavy atom. The van der Waals surface area contributed by atoms with Gasteiger partial charge in [-0.1, -0.05) is 25.1 Å². The zero-order chi connectivity index (χ0) is 14.5. The first kappa shape index (κ1) is 15.1. The highest BCUT2D eigenvalue weighted by Crippen LogP contribution is 2.35. The number of benzene rings is 1. The Balaban J connectivity index is 2.42. The average molecular weight is 289 g/mol. The van der Waals surface area contributed by atoms with Crippen LogP contribution in [0.25, 0.3) is 0 Å². The number of ether oxygens (including phenoxy) is 1. The minimum absolute atomic E-state index is 0.183. The molecule has 0 aliphatic heterocycles. The lowest BCUT2D eigenvalue weighted by molar-refractivity contribution is 0.239. The van der Waals surface area contributed by atoms with E-state index in [2.05, 4.69) is 55.7 Å². The number of hydrogen-bond acceptors (Lipinski definition) is 3. The summed E-state index contributed by atoms with van der Waals surface area (Å²) in [6.07, 6.45) is 1.24. The van der Waals surface area contributed by atoms with E-state index in [1.165, 1.54) is 16.0 Å². The molecule has 2 nitrogen and oxygen atoms in total. The molecule has 0 amide bonds. The molecule has 1 atom stereocenters. The van der Waals surface area contributed by atoms with Crippen LogP contribution in [0.2, 0.25) is 0 Å². The summed E-state index contributed by atoms with van der Waals surface area (Å²) in [5.41, 5.74) is 2.62. The largest absolute Gasteiger partial charge is 0.491 e. The van der Waals surface area contributed by atoms with E-state index in [0.29, 0.717) is 0 Å². The van der Waals surface area contributed by atoms with Crippen LogP contribution < -0.4 is 10.1 Å². The van der Waals surface area contributed by atoms with Crippen molar-refractivity contribution in [3.63, 3.8) is 0 Å². The van der Waals surface area contributed by atoms with E-state index in [9.17, 15) is 0 Å². The van der Waals surface area contributed by atoms with E-state index in [0.717, 1.165) is 12.2 Å². The lowest BCUT2D eigenvalue weighted by atomic mass is 10.0. The molecule has 0 saturated heterocycles. The van der Waals surface area contributed by atoms with Crippen molar-refractivity contribution in [2.24, 2.45) is 0 Å². The number of para-hydroxylation sites is 1. The van der Waals surface area contributed by atoms with Crippen molar-refractivity contribution in [1.29, 1.82) is 0 Å². The van der Waals surface area contributed by atoms with Crippen LogP contribution in [0.15, 0.2) is 35.7 Å². The Morgan fingerprint density at radius 1 is 1.20 bits per heavy atom. The minimum atomic E-state index is 0.183. The van der Waals surface area contributed by atoms with Crippen molar-refractivity contribution in [3.05, 3.63) is 51.7 Å². The first-order valence-electron chi connectivity index (χ1n) is 7.16. The Labute approximate surface area is 125 Å². The van der Waals surface area contributed by atoms with Crippen LogP contribution in [0.5, 0.6) is 5.75 Å². The van der Waals surface area contributed by atoms with E-state index in [4.69, 9.17) is 4.74 Å². The molecule has 2 aromatic rings. The van der Waals surface area contributed by atoms with Crippen molar-refractivity contribution < 1.29 is 4.74 Å². The molecule has 1 unspecified atom stereocenters. The summed E-state index contributed by atoms with van der Waals surface area (Å²) < 4.78 is 5.96. The van der Waals surface area contributed by atoms with Crippen LogP contribution in [-0.4, -0.2) is 13.2 Å². The summed E-state index contributed by atoms with van der Waals surface area (Å²) in [5, 5.41) is 5.61. The number of nitrogens with one attached hydrogen (secondary N) is 1. The fourth-order valence-corrected chi connectivity index (χ4v) is 3.52. The summed E-state index contributed by atoms with van der Waals surface area (Å²) in [5.74, 6) is 0.970. The molecule has 1 aromatic carbocycles. The van der Waals surface area contributed by atoms with Gasteiger partial charge in [-0.2, -0.15) is 0 Å². The molecule has 108 valence electrons. The molecule has 20 heavy (non-hydrogen) atoms. The number of hydrogen-bond donors (Lipinski definition) is 1. The normalized spacial score (nSPS) is 12.7. The third kappa shape index (κ3) is 3.22. The lowest BCUT2D eigenvalue weighted by Crippen LogP contribution is -2.19. The smallest absolute Gasteiger partial charge is 0.124 e. The van der Waals surface area contributed by atoms with Gasteiger partial charge in [0.25, 0.3) is 0 Å². The fourth-order valence-electron chi connectivity index (χ4n) is 2.40.